The van der Waals surface area contributed by atoms with E-state index in [1.807, 2.05) is 4.72 Å². The number of hydrogen-bond acceptors (Lipinski definition) is 2. The van der Waals surface area contributed by atoms with Gasteiger partial charge in [-0.3, -0.25) is 4.72 Å². The molecule has 0 aliphatic heterocycles. The van der Waals surface area contributed by atoms with Crippen molar-refractivity contribution < 1.29 is 26.0 Å². The highest BCUT2D eigenvalue weighted by Gasteiger charge is 2.32. The smallest absolute Gasteiger partial charge is 0.278 e. The van der Waals surface area contributed by atoms with Gasteiger partial charge in [-0.2, -0.15) is 13.2 Å². The van der Waals surface area contributed by atoms with Gasteiger partial charge in [0.15, 0.2) is 0 Å². The fourth-order valence-corrected chi connectivity index (χ4v) is 3.44. The van der Waals surface area contributed by atoms with Crippen LogP contribution in [0, 0.1) is 16.3 Å². The van der Waals surface area contributed by atoms with Crippen molar-refractivity contribution in [2.24, 2.45) is 0 Å². The quantitative estimate of drug-likeness (QED) is 0.541. The Bertz CT molecular complexity index is 833. The van der Waals surface area contributed by atoms with Crippen LogP contribution in [0.5, 0.6) is 0 Å². The maximum absolute atomic E-state index is 13.7. The number of aryl methyl sites for hydroxylation is 1. The molecule has 0 amide bonds. The van der Waals surface area contributed by atoms with Crippen molar-refractivity contribution in [3.05, 3.63) is 56.9 Å². The fourth-order valence-electron chi connectivity index (χ4n) is 1.75. The van der Waals surface area contributed by atoms with Crippen LogP contribution in [0.3, 0.4) is 0 Å². The van der Waals surface area contributed by atoms with Crippen LogP contribution in [0.15, 0.2) is 41.3 Å². The Morgan fingerprint density at radius 2 is 1.65 bits per heavy atom. The first-order valence-corrected chi connectivity index (χ1v) is 8.72. The summed E-state index contributed by atoms with van der Waals surface area (Å²) in [7, 11) is -4.12. The molecule has 23 heavy (non-hydrogen) atoms. The van der Waals surface area contributed by atoms with Crippen LogP contribution in [0.4, 0.5) is 23.2 Å². The summed E-state index contributed by atoms with van der Waals surface area (Å²) in [5.41, 5.74) is -0.904. The first-order valence-electron chi connectivity index (χ1n) is 6.16. The van der Waals surface area contributed by atoms with Crippen LogP contribution in [-0.2, 0) is 16.2 Å². The molecule has 0 aliphatic rings. The molecule has 0 radical (unpaired) electrons. The van der Waals surface area contributed by atoms with Crippen LogP contribution in [0.25, 0.3) is 0 Å². The predicted octanol–water partition coefficient (Wildman–Crippen LogP) is 4.56. The Hall–Kier alpha value is -1.36. The van der Waals surface area contributed by atoms with Crippen LogP contribution in [-0.4, -0.2) is 8.42 Å². The van der Waals surface area contributed by atoms with Gasteiger partial charge >= 0.3 is 6.18 Å². The number of nitrogens with one attached hydrogen (secondary N) is 1. The molecule has 2 rings (SSSR count). The average molecular weight is 459 g/mol. The largest absolute Gasteiger partial charge is 0.416 e. The van der Waals surface area contributed by atoms with E-state index in [2.05, 4.69) is 0 Å². The molecule has 9 heteroatoms. The number of benzene rings is 2. The molecule has 0 spiro atoms. The second-order valence-electron chi connectivity index (χ2n) is 4.74. The number of sulfonamides is 1. The van der Waals surface area contributed by atoms with Crippen molar-refractivity contribution in [1.29, 1.82) is 0 Å². The Morgan fingerprint density at radius 1 is 1.09 bits per heavy atom. The molecule has 0 aromatic heterocycles. The van der Waals surface area contributed by atoms with Gasteiger partial charge in [0.05, 0.1) is 19.7 Å². The number of halogens is 5. The molecule has 0 unspecified atom stereocenters. The number of anilines is 1. The molecule has 0 fully saturated rings. The Kier molecular flexibility index (Phi) is 4.90. The van der Waals surface area contributed by atoms with Crippen molar-refractivity contribution >= 4 is 38.3 Å². The van der Waals surface area contributed by atoms with Gasteiger partial charge in [-0.1, -0.05) is 17.7 Å². The molecule has 0 bridgehead atoms. The van der Waals surface area contributed by atoms with Crippen molar-refractivity contribution in [1.82, 2.24) is 0 Å². The summed E-state index contributed by atoms with van der Waals surface area (Å²) in [4.78, 5) is -0.128. The van der Waals surface area contributed by atoms with E-state index >= 15 is 0 Å². The third-order valence-electron chi connectivity index (χ3n) is 2.93. The minimum Gasteiger partial charge on any atom is -0.278 e. The van der Waals surface area contributed by atoms with Gasteiger partial charge in [-0.15, -0.1) is 0 Å². The summed E-state index contributed by atoms with van der Waals surface area (Å²) in [6.07, 6.45) is -4.78. The second-order valence-corrected chi connectivity index (χ2v) is 7.50. The summed E-state index contributed by atoms with van der Waals surface area (Å²) >= 11 is 1.45. The molecule has 0 heterocycles. The lowest BCUT2D eigenvalue weighted by molar-refractivity contribution is -0.137. The van der Waals surface area contributed by atoms with Gasteiger partial charge in [0.25, 0.3) is 10.0 Å². The minimum absolute atomic E-state index is 0.128. The van der Waals surface area contributed by atoms with Gasteiger partial charge in [-0.25, -0.2) is 12.8 Å². The van der Waals surface area contributed by atoms with Crippen LogP contribution in [0.2, 0.25) is 0 Å². The third kappa shape index (κ3) is 4.14. The molecular weight excluding hydrogens is 449 g/mol. The molecule has 2 aromatic carbocycles. The van der Waals surface area contributed by atoms with Crippen LogP contribution in [0.1, 0.15) is 11.1 Å². The minimum atomic E-state index is -4.78. The van der Waals surface area contributed by atoms with Crippen LogP contribution >= 0.6 is 22.6 Å². The molecule has 0 saturated carbocycles. The molecule has 124 valence electrons. The van der Waals surface area contributed by atoms with Gasteiger partial charge in [0, 0.05) is 0 Å². The highest BCUT2D eigenvalue weighted by atomic mass is 127. The third-order valence-corrected chi connectivity index (χ3v) is 5.41. The van der Waals surface area contributed by atoms with Crippen LogP contribution < -0.4 is 4.72 Å². The number of alkyl halides is 3. The van der Waals surface area contributed by atoms with Crippen molar-refractivity contribution in [2.45, 2.75) is 18.0 Å². The number of rotatable bonds is 3. The Labute approximate surface area is 143 Å². The van der Waals surface area contributed by atoms with Crippen molar-refractivity contribution in [3.63, 3.8) is 0 Å². The zero-order valence-electron chi connectivity index (χ0n) is 11.6. The highest BCUT2D eigenvalue weighted by Crippen LogP contribution is 2.35. The van der Waals surface area contributed by atoms with E-state index in [4.69, 9.17) is 0 Å². The molecule has 1 N–H and O–H groups in total. The lowest BCUT2D eigenvalue weighted by Crippen LogP contribution is -2.16. The molecule has 2 aromatic rings. The first kappa shape index (κ1) is 18.0. The maximum atomic E-state index is 13.7. The van der Waals surface area contributed by atoms with E-state index in [0.29, 0.717) is 12.1 Å². The maximum Gasteiger partial charge on any atom is 0.416 e. The monoisotopic (exact) mass is 459 g/mol. The summed E-state index contributed by atoms with van der Waals surface area (Å²) in [6.45, 7) is 1.76. The van der Waals surface area contributed by atoms with E-state index in [0.717, 1.165) is 5.56 Å². The predicted molar refractivity (Wildman–Crippen MR) is 86.1 cm³/mol. The van der Waals surface area contributed by atoms with Crippen molar-refractivity contribution in [3.8, 4) is 0 Å². The van der Waals surface area contributed by atoms with E-state index in [9.17, 15) is 26.0 Å². The van der Waals surface area contributed by atoms with Gasteiger partial charge in [0.1, 0.15) is 5.82 Å². The SMILES string of the molecule is Cc1ccc(S(=O)(=O)Nc2cc(C(F)(F)F)cc(F)c2I)cc1. The molecule has 3 nitrogen and oxygen atoms in total. The van der Waals surface area contributed by atoms with E-state index in [1.165, 1.54) is 34.7 Å². The fraction of sp³-hybridized carbons (Fsp3) is 0.143. The standard InChI is InChI=1S/C14H10F4INO2S/c1-8-2-4-10(5-3-8)23(21,22)20-12-7-9(14(16,17)18)6-11(15)13(12)19/h2-7,20H,1H3. The summed E-state index contributed by atoms with van der Waals surface area (Å²) < 4.78 is 78.1. The van der Waals surface area contributed by atoms with E-state index in [1.54, 1.807) is 19.1 Å². The van der Waals surface area contributed by atoms with E-state index in [-0.39, 0.29) is 8.47 Å². The zero-order valence-corrected chi connectivity index (χ0v) is 14.6. The lowest BCUT2D eigenvalue weighted by atomic mass is 10.2. The summed E-state index contributed by atoms with van der Waals surface area (Å²) in [6, 6.07) is 6.61. The summed E-state index contributed by atoms with van der Waals surface area (Å²) in [5, 5.41) is 0. The average Bonchev–Trinajstić information content (AvgIpc) is 2.42. The zero-order chi connectivity index (χ0) is 17.4. The van der Waals surface area contributed by atoms with Crippen molar-refractivity contribution in [2.75, 3.05) is 4.72 Å². The Balaban J connectivity index is 2.47. The number of hydrogen-bond donors (Lipinski definition) is 1. The normalized spacial score (nSPS) is 12.3. The molecule has 0 saturated heterocycles. The summed E-state index contributed by atoms with van der Waals surface area (Å²) in [5.74, 6) is -1.15. The van der Waals surface area contributed by atoms with Gasteiger partial charge in [-0.05, 0) is 53.8 Å². The van der Waals surface area contributed by atoms with Gasteiger partial charge < -0.3 is 0 Å². The second kappa shape index (κ2) is 6.27. The van der Waals surface area contributed by atoms with Gasteiger partial charge in [0.2, 0.25) is 0 Å². The molecule has 0 atom stereocenters. The first-order chi connectivity index (χ1) is 10.5. The molecular formula is C14H10F4INO2S. The van der Waals surface area contributed by atoms with E-state index < -0.39 is 33.3 Å². The highest BCUT2D eigenvalue weighted by molar-refractivity contribution is 14.1. The molecule has 0 aliphatic carbocycles. The lowest BCUT2D eigenvalue weighted by Gasteiger charge is -2.14. The topological polar surface area (TPSA) is 46.2 Å². The Morgan fingerprint density at radius 3 is 2.17 bits per heavy atom.